The Balaban J connectivity index is 1.90. The summed E-state index contributed by atoms with van der Waals surface area (Å²) in [5, 5.41) is 0. The Bertz CT molecular complexity index is 315. The molecule has 0 radical (unpaired) electrons. The van der Waals surface area contributed by atoms with E-state index >= 15 is 0 Å². The number of terminal acetylenes is 1. The van der Waals surface area contributed by atoms with Crippen molar-refractivity contribution in [3.8, 4) is 12.3 Å². The Morgan fingerprint density at radius 1 is 1.17 bits per heavy atom. The second kappa shape index (κ2) is 5.05. The molecule has 0 saturated carbocycles. The predicted molar refractivity (Wildman–Crippen MR) is 73.3 cm³/mol. The number of hydrogen-bond acceptors (Lipinski definition) is 4. The molecule has 3 rings (SSSR count). The van der Waals surface area contributed by atoms with Crippen molar-refractivity contribution in [1.82, 2.24) is 0 Å². The van der Waals surface area contributed by atoms with Gasteiger partial charge < -0.3 is 14.2 Å². The SMILES string of the molecule is C#CCCSCC12OCC(C(C)(C)C)(CO1)CO2. The van der Waals surface area contributed by atoms with Crippen molar-refractivity contribution >= 4 is 11.8 Å². The van der Waals surface area contributed by atoms with Crippen LogP contribution in [0, 0.1) is 23.2 Å². The van der Waals surface area contributed by atoms with E-state index in [1.165, 1.54) is 0 Å². The molecule has 3 nitrogen and oxygen atoms in total. The van der Waals surface area contributed by atoms with Crippen molar-refractivity contribution in [3.05, 3.63) is 0 Å². The highest BCUT2D eigenvalue weighted by Crippen LogP contribution is 2.49. The molecule has 3 aliphatic rings. The van der Waals surface area contributed by atoms with E-state index in [-0.39, 0.29) is 10.8 Å². The molecule has 0 unspecified atom stereocenters. The Labute approximate surface area is 114 Å². The Hall–Kier alpha value is -0.210. The zero-order valence-corrected chi connectivity index (χ0v) is 12.3. The van der Waals surface area contributed by atoms with Crippen molar-refractivity contribution in [2.24, 2.45) is 10.8 Å². The highest BCUT2D eigenvalue weighted by molar-refractivity contribution is 7.99. The third kappa shape index (κ3) is 2.55. The van der Waals surface area contributed by atoms with Gasteiger partial charge in [-0.3, -0.25) is 0 Å². The van der Waals surface area contributed by atoms with Gasteiger partial charge in [0.1, 0.15) is 0 Å². The number of hydrogen-bond donors (Lipinski definition) is 0. The van der Waals surface area contributed by atoms with E-state index in [0.29, 0.717) is 25.6 Å². The Kier molecular flexibility index (Phi) is 3.99. The molecule has 0 spiro atoms. The van der Waals surface area contributed by atoms with E-state index in [4.69, 9.17) is 20.6 Å². The van der Waals surface area contributed by atoms with Gasteiger partial charge in [-0.25, -0.2) is 0 Å². The van der Waals surface area contributed by atoms with Crippen LogP contribution in [0.5, 0.6) is 0 Å². The normalized spacial score (nSPS) is 35.4. The van der Waals surface area contributed by atoms with E-state index in [2.05, 4.69) is 26.7 Å². The van der Waals surface area contributed by atoms with E-state index in [9.17, 15) is 0 Å². The van der Waals surface area contributed by atoms with Gasteiger partial charge in [0.05, 0.1) is 25.6 Å². The van der Waals surface area contributed by atoms with Gasteiger partial charge in [0.25, 0.3) is 5.97 Å². The summed E-state index contributed by atoms with van der Waals surface area (Å²) in [5.74, 6) is 3.41. The van der Waals surface area contributed by atoms with Gasteiger partial charge in [0.15, 0.2) is 0 Å². The van der Waals surface area contributed by atoms with E-state index < -0.39 is 5.97 Å². The first-order valence-electron chi connectivity index (χ1n) is 6.36. The lowest BCUT2D eigenvalue weighted by Crippen LogP contribution is -2.65. The fourth-order valence-corrected chi connectivity index (χ4v) is 3.00. The molecule has 0 amide bonds. The Morgan fingerprint density at radius 3 is 2.17 bits per heavy atom. The zero-order chi connectivity index (χ0) is 13.3. The number of thioether (sulfide) groups is 1. The van der Waals surface area contributed by atoms with Gasteiger partial charge in [-0.15, -0.1) is 12.3 Å². The molecule has 3 heterocycles. The van der Waals surface area contributed by atoms with Crippen LogP contribution in [-0.4, -0.2) is 37.3 Å². The van der Waals surface area contributed by atoms with Crippen LogP contribution < -0.4 is 0 Å². The van der Waals surface area contributed by atoms with Crippen LogP contribution in [-0.2, 0) is 14.2 Å². The maximum Gasteiger partial charge on any atom is 0.292 e. The third-order valence-corrected chi connectivity index (χ3v) is 5.02. The summed E-state index contributed by atoms with van der Waals surface area (Å²) in [6.45, 7) is 8.78. The number of fused-ring (bicyclic) bond motifs is 3. The summed E-state index contributed by atoms with van der Waals surface area (Å²) in [6.07, 6.45) is 6.00. The fraction of sp³-hybridized carbons (Fsp3) is 0.857. The molecule has 0 aromatic rings. The van der Waals surface area contributed by atoms with Crippen molar-refractivity contribution in [3.63, 3.8) is 0 Å². The average molecular weight is 270 g/mol. The molecule has 102 valence electrons. The first kappa shape index (κ1) is 14.2. The summed E-state index contributed by atoms with van der Waals surface area (Å²) >= 11 is 1.72. The maximum absolute atomic E-state index is 5.86. The van der Waals surface area contributed by atoms with Crippen LogP contribution in [0.1, 0.15) is 27.2 Å². The third-order valence-electron chi connectivity index (χ3n) is 3.97. The molecule has 3 fully saturated rings. The van der Waals surface area contributed by atoms with Gasteiger partial charge in [-0.1, -0.05) is 20.8 Å². The van der Waals surface area contributed by atoms with Gasteiger partial charge in [-0.05, 0) is 5.41 Å². The fourth-order valence-electron chi connectivity index (χ4n) is 2.10. The average Bonchev–Trinajstić information content (AvgIpc) is 2.36. The summed E-state index contributed by atoms with van der Waals surface area (Å²) in [7, 11) is 0. The van der Waals surface area contributed by atoms with Crippen LogP contribution in [0.3, 0.4) is 0 Å². The molecule has 0 atom stereocenters. The lowest BCUT2D eigenvalue weighted by molar-refractivity contribution is -0.467. The van der Waals surface area contributed by atoms with Crippen LogP contribution in [0.2, 0.25) is 0 Å². The maximum atomic E-state index is 5.86. The van der Waals surface area contributed by atoms with Gasteiger partial charge in [-0.2, -0.15) is 11.8 Å². The van der Waals surface area contributed by atoms with Crippen molar-refractivity contribution in [2.45, 2.75) is 33.2 Å². The molecule has 0 N–H and O–H groups in total. The molecule has 3 aliphatic heterocycles. The highest BCUT2D eigenvalue weighted by atomic mass is 32.2. The largest absolute Gasteiger partial charge is 0.326 e. The van der Waals surface area contributed by atoms with Gasteiger partial charge in [0, 0.05) is 17.6 Å². The molecule has 4 heteroatoms. The molecular formula is C14H22O3S. The van der Waals surface area contributed by atoms with Gasteiger partial charge in [0.2, 0.25) is 0 Å². The van der Waals surface area contributed by atoms with Crippen LogP contribution >= 0.6 is 11.8 Å². The minimum absolute atomic E-state index is 0.0156. The summed E-state index contributed by atoms with van der Waals surface area (Å²) in [5.41, 5.74) is 0.106. The molecule has 3 saturated heterocycles. The topological polar surface area (TPSA) is 27.7 Å². The van der Waals surface area contributed by atoms with E-state index in [1.54, 1.807) is 11.8 Å². The number of rotatable bonds is 4. The zero-order valence-electron chi connectivity index (χ0n) is 11.5. The van der Waals surface area contributed by atoms with Gasteiger partial charge >= 0.3 is 0 Å². The quantitative estimate of drug-likeness (QED) is 0.579. The summed E-state index contributed by atoms with van der Waals surface area (Å²) in [4.78, 5) is 0. The molecular weight excluding hydrogens is 248 g/mol. The van der Waals surface area contributed by atoms with Crippen LogP contribution in [0.25, 0.3) is 0 Å². The molecule has 0 aromatic heterocycles. The lowest BCUT2D eigenvalue weighted by Gasteiger charge is -2.56. The first-order valence-corrected chi connectivity index (χ1v) is 7.52. The monoisotopic (exact) mass is 270 g/mol. The summed E-state index contributed by atoms with van der Waals surface area (Å²) in [6, 6.07) is 0. The predicted octanol–water partition coefficient (Wildman–Crippen LogP) is 2.51. The van der Waals surface area contributed by atoms with Crippen molar-refractivity contribution in [1.29, 1.82) is 0 Å². The van der Waals surface area contributed by atoms with Crippen LogP contribution in [0.15, 0.2) is 0 Å². The molecule has 18 heavy (non-hydrogen) atoms. The molecule has 0 aliphatic carbocycles. The second-order valence-electron chi connectivity index (χ2n) is 6.09. The minimum Gasteiger partial charge on any atom is -0.326 e. The molecule has 2 bridgehead atoms. The Morgan fingerprint density at radius 2 is 1.72 bits per heavy atom. The van der Waals surface area contributed by atoms with E-state index in [0.717, 1.165) is 12.2 Å². The molecule has 0 aromatic carbocycles. The highest BCUT2D eigenvalue weighted by Gasteiger charge is 2.57. The number of ether oxygens (including phenoxy) is 3. The van der Waals surface area contributed by atoms with Crippen LogP contribution in [0.4, 0.5) is 0 Å². The standard InChI is InChI=1S/C14H22O3S/c1-5-6-7-18-11-14-15-8-13(9-16-14,10-17-14)12(2,3)4/h1H,6-11H2,2-4H3. The first-order chi connectivity index (χ1) is 8.43. The van der Waals surface area contributed by atoms with Crippen molar-refractivity contribution in [2.75, 3.05) is 31.3 Å². The lowest BCUT2D eigenvalue weighted by atomic mass is 9.67. The minimum atomic E-state index is -0.827. The van der Waals surface area contributed by atoms with Crippen molar-refractivity contribution < 1.29 is 14.2 Å². The summed E-state index contributed by atoms with van der Waals surface area (Å²) < 4.78 is 17.6. The van der Waals surface area contributed by atoms with E-state index in [1.807, 2.05) is 0 Å². The second-order valence-corrected chi connectivity index (χ2v) is 7.19. The smallest absolute Gasteiger partial charge is 0.292 e.